The first-order valence-electron chi connectivity index (χ1n) is 15.8. The van der Waals surface area contributed by atoms with Crippen molar-refractivity contribution in [1.29, 1.82) is 0 Å². The largest absolute Gasteiger partial charge is 0.498 e. The monoisotopic (exact) mass is 668 g/mol. The summed E-state index contributed by atoms with van der Waals surface area (Å²) in [6, 6.07) is 5.88. The second-order valence-electron chi connectivity index (χ2n) is 9.69. The third-order valence-electron chi connectivity index (χ3n) is 6.82. The van der Waals surface area contributed by atoms with Crippen molar-refractivity contribution < 1.29 is 56.8 Å². The van der Waals surface area contributed by atoms with Gasteiger partial charge in [-0.3, -0.25) is 0 Å². The molecule has 0 bridgehead atoms. The zero-order chi connectivity index (χ0) is 33.8. The number of benzene rings is 2. The lowest BCUT2D eigenvalue weighted by molar-refractivity contribution is -0.0783. The summed E-state index contributed by atoms with van der Waals surface area (Å²) in [6.45, 7) is 9.31. The second kappa shape index (κ2) is 20.2. The Labute approximate surface area is 281 Å². The predicted octanol–water partition coefficient (Wildman–Crippen LogP) is 7.44. The molecule has 2 aliphatic carbocycles. The Kier molecular flexibility index (Phi) is 15.0. The molecule has 1 unspecified atom stereocenters. The van der Waals surface area contributed by atoms with Crippen LogP contribution in [0.4, 0.5) is 0 Å². The Morgan fingerprint density at radius 1 is 0.604 bits per heavy atom. The van der Waals surface area contributed by atoms with Crippen LogP contribution in [0, 0.1) is 0 Å². The van der Waals surface area contributed by atoms with E-state index in [1.54, 1.807) is 0 Å². The highest BCUT2D eigenvalue weighted by Crippen LogP contribution is 2.53. The average molecular weight is 669 g/mol. The van der Waals surface area contributed by atoms with Crippen LogP contribution < -0.4 is 9.47 Å². The van der Waals surface area contributed by atoms with Gasteiger partial charge in [0.15, 0.2) is 18.3 Å². The van der Waals surface area contributed by atoms with E-state index in [9.17, 15) is 0 Å². The fourth-order valence-corrected chi connectivity index (χ4v) is 5.00. The maximum absolute atomic E-state index is 6.33. The van der Waals surface area contributed by atoms with Gasteiger partial charge in [-0.2, -0.15) is 0 Å². The predicted molar refractivity (Wildman–Crippen MR) is 177 cm³/mol. The third-order valence-corrected chi connectivity index (χ3v) is 6.82. The van der Waals surface area contributed by atoms with E-state index in [1.165, 1.54) is 50.1 Å². The molecular weight excluding hydrogens is 624 g/mol. The van der Waals surface area contributed by atoms with Crippen LogP contribution in [0.25, 0.3) is 16.3 Å². The van der Waals surface area contributed by atoms with Gasteiger partial charge in [-0.1, -0.05) is 30.4 Å². The summed E-state index contributed by atoms with van der Waals surface area (Å²) in [5.74, 6) is 1.55. The quantitative estimate of drug-likeness (QED) is 0.0630. The standard InChI is InChI=1S/C36H44O12/c1-5-37-15-19-41-23-45-33-27-11-9-13-29-31(27)32-28(34(33)46-24-42-20-16-38-6-2)12-10-14-30(32)36(48-26-44-22-18-40-8-4)35(29)47-25-43-21-17-39-7-3/h9-13,15-22,33H,5-8,14,23-26H2,1-4H3/b19-15+,20-16+,21-17+,22-18+. The highest BCUT2D eigenvalue weighted by atomic mass is 16.7. The van der Waals surface area contributed by atoms with Gasteiger partial charge in [0, 0.05) is 27.5 Å². The van der Waals surface area contributed by atoms with Crippen molar-refractivity contribution in [3.8, 4) is 11.5 Å². The molecule has 0 spiro atoms. The molecule has 2 aromatic carbocycles. The molecule has 0 aliphatic heterocycles. The van der Waals surface area contributed by atoms with E-state index < -0.39 is 6.10 Å². The van der Waals surface area contributed by atoms with Crippen molar-refractivity contribution in [2.45, 2.75) is 40.2 Å². The van der Waals surface area contributed by atoms with Crippen molar-refractivity contribution in [2.24, 2.45) is 0 Å². The minimum absolute atomic E-state index is 0.0705. The van der Waals surface area contributed by atoms with Gasteiger partial charge in [-0.05, 0) is 39.7 Å². The third kappa shape index (κ3) is 9.47. The van der Waals surface area contributed by atoms with E-state index in [1.807, 2.05) is 58.0 Å². The lowest BCUT2D eigenvalue weighted by atomic mass is 9.79. The van der Waals surface area contributed by atoms with E-state index in [0.29, 0.717) is 50.1 Å². The van der Waals surface area contributed by atoms with Gasteiger partial charge in [-0.25, -0.2) is 0 Å². The van der Waals surface area contributed by atoms with E-state index in [2.05, 4.69) is 0 Å². The molecule has 0 fully saturated rings. The van der Waals surface area contributed by atoms with Crippen molar-refractivity contribution in [3.63, 3.8) is 0 Å². The molecule has 0 N–H and O–H groups in total. The second-order valence-corrected chi connectivity index (χ2v) is 9.69. The van der Waals surface area contributed by atoms with Crippen molar-refractivity contribution in [1.82, 2.24) is 0 Å². The SMILES string of the molecule is CCO/C=C/OCOC1=C2C=CCc3c(OCO/C=C/OCC)c(OCO/C=C/OCC)c4cccc(c4c32)C1OCO/C=C/OCC. The Hall–Kier alpha value is -5.10. The molecule has 0 saturated heterocycles. The summed E-state index contributed by atoms with van der Waals surface area (Å²) in [4.78, 5) is 0. The van der Waals surface area contributed by atoms with Gasteiger partial charge in [-0.15, -0.1) is 0 Å². The van der Waals surface area contributed by atoms with Crippen molar-refractivity contribution in [3.05, 3.63) is 103 Å². The Balaban J connectivity index is 1.77. The lowest BCUT2D eigenvalue weighted by Crippen LogP contribution is -2.21. The zero-order valence-electron chi connectivity index (χ0n) is 27.8. The van der Waals surface area contributed by atoms with Gasteiger partial charge in [0.2, 0.25) is 20.4 Å². The van der Waals surface area contributed by atoms with Gasteiger partial charge >= 0.3 is 0 Å². The number of rotatable bonds is 24. The summed E-state index contributed by atoms with van der Waals surface area (Å²) in [5, 5.41) is 1.72. The molecule has 2 aliphatic rings. The van der Waals surface area contributed by atoms with E-state index in [-0.39, 0.29) is 27.2 Å². The smallest absolute Gasteiger partial charge is 0.230 e. The molecule has 0 radical (unpaired) electrons. The summed E-state index contributed by atoms with van der Waals surface area (Å²) in [7, 11) is 0. The fraction of sp³-hybridized carbons (Fsp3) is 0.389. The minimum Gasteiger partial charge on any atom is -0.498 e. The number of ether oxygens (including phenoxy) is 12. The van der Waals surface area contributed by atoms with Crippen LogP contribution in [0.15, 0.2) is 86.2 Å². The van der Waals surface area contributed by atoms with Gasteiger partial charge < -0.3 is 56.8 Å². The molecule has 12 nitrogen and oxygen atoms in total. The lowest BCUT2D eigenvalue weighted by Gasteiger charge is -2.33. The van der Waals surface area contributed by atoms with Crippen molar-refractivity contribution >= 4 is 16.3 Å². The van der Waals surface area contributed by atoms with Crippen LogP contribution in [0.3, 0.4) is 0 Å². The molecule has 0 heterocycles. The Morgan fingerprint density at radius 3 is 1.71 bits per heavy atom. The summed E-state index contributed by atoms with van der Waals surface area (Å²) in [6.07, 6.45) is 15.6. The first kappa shape index (κ1) is 35.7. The maximum atomic E-state index is 6.33. The van der Waals surface area contributed by atoms with Crippen LogP contribution in [0.2, 0.25) is 0 Å². The molecular formula is C36H44O12. The molecule has 2 aromatic rings. The first-order chi connectivity index (χ1) is 23.8. The molecule has 0 aromatic heterocycles. The van der Waals surface area contributed by atoms with Crippen LogP contribution in [0.5, 0.6) is 11.5 Å². The molecule has 260 valence electrons. The van der Waals surface area contributed by atoms with Gasteiger partial charge in [0.05, 0.1) is 26.4 Å². The van der Waals surface area contributed by atoms with Crippen LogP contribution in [-0.2, 0) is 53.8 Å². The number of allylic oxidation sites excluding steroid dienone is 3. The molecule has 0 amide bonds. The topological polar surface area (TPSA) is 111 Å². The van der Waals surface area contributed by atoms with E-state index in [0.717, 1.165) is 33.0 Å². The van der Waals surface area contributed by atoms with Gasteiger partial charge in [0.25, 0.3) is 0 Å². The zero-order valence-corrected chi connectivity index (χ0v) is 27.8. The van der Waals surface area contributed by atoms with E-state index in [4.69, 9.17) is 56.8 Å². The average Bonchev–Trinajstić information content (AvgIpc) is 3.11. The molecule has 48 heavy (non-hydrogen) atoms. The normalized spacial score (nSPS) is 15.0. The Morgan fingerprint density at radius 2 is 1.12 bits per heavy atom. The number of hydrogen-bond acceptors (Lipinski definition) is 12. The molecule has 1 atom stereocenters. The van der Waals surface area contributed by atoms with E-state index >= 15 is 0 Å². The number of hydrogen-bond donors (Lipinski definition) is 0. The molecule has 12 heteroatoms. The highest BCUT2D eigenvalue weighted by Gasteiger charge is 2.37. The summed E-state index contributed by atoms with van der Waals surface area (Å²) >= 11 is 0. The van der Waals surface area contributed by atoms with Crippen LogP contribution in [-0.4, -0.2) is 53.6 Å². The highest BCUT2D eigenvalue weighted by molar-refractivity contribution is 6.07. The molecule has 4 rings (SSSR count). The minimum atomic E-state index is -0.649. The van der Waals surface area contributed by atoms with Crippen molar-refractivity contribution in [2.75, 3.05) is 53.6 Å². The fourth-order valence-electron chi connectivity index (χ4n) is 5.00. The van der Waals surface area contributed by atoms with Crippen LogP contribution in [0.1, 0.15) is 50.5 Å². The summed E-state index contributed by atoms with van der Waals surface area (Å²) in [5.41, 5.74) is 3.49. The summed E-state index contributed by atoms with van der Waals surface area (Å²) < 4.78 is 68.3. The van der Waals surface area contributed by atoms with Crippen LogP contribution >= 0.6 is 0 Å². The first-order valence-corrected chi connectivity index (χ1v) is 15.8. The maximum Gasteiger partial charge on any atom is 0.230 e. The molecule has 0 saturated carbocycles. The Bertz CT molecular complexity index is 1470. The van der Waals surface area contributed by atoms with Gasteiger partial charge in [0.1, 0.15) is 62.0 Å².